The van der Waals surface area contributed by atoms with Gasteiger partial charge in [0.1, 0.15) is 5.75 Å². The summed E-state index contributed by atoms with van der Waals surface area (Å²) in [6.45, 7) is 4.74. The molecule has 2 N–H and O–H groups in total. The third kappa shape index (κ3) is 2.98. The molecule has 82 valence electrons. The minimum Gasteiger partial charge on any atom is -0.494 e. The summed E-state index contributed by atoms with van der Waals surface area (Å²) in [5.41, 5.74) is 6.79. The summed E-state index contributed by atoms with van der Waals surface area (Å²) >= 11 is 0. The van der Waals surface area contributed by atoms with Crippen molar-refractivity contribution in [3.8, 4) is 5.75 Å². The highest BCUT2D eigenvalue weighted by Gasteiger charge is 2.07. The summed E-state index contributed by atoms with van der Waals surface area (Å²) < 4.78 is 5.48. The molecule has 0 aliphatic rings. The number of nitrogens with two attached hydrogens (primary N) is 1. The number of hydrogen-bond donors (Lipinski definition) is 1. The van der Waals surface area contributed by atoms with Crippen LogP contribution in [-0.2, 0) is 6.42 Å². The van der Waals surface area contributed by atoms with Gasteiger partial charge in [-0.3, -0.25) is 4.79 Å². The molecular weight excluding hydrogens is 190 g/mol. The van der Waals surface area contributed by atoms with E-state index in [0.717, 1.165) is 24.2 Å². The zero-order valence-corrected chi connectivity index (χ0v) is 9.25. The number of carbonyl (C=O) groups excluding carboxylic acids is 1. The predicted octanol–water partition coefficient (Wildman–Crippen LogP) is 2.14. The van der Waals surface area contributed by atoms with Gasteiger partial charge < -0.3 is 10.5 Å². The summed E-state index contributed by atoms with van der Waals surface area (Å²) in [6, 6.07) is 5.40. The molecule has 1 rings (SSSR count). The fourth-order valence-electron chi connectivity index (χ4n) is 1.41. The zero-order chi connectivity index (χ0) is 11.3. The van der Waals surface area contributed by atoms with Gasteiger partial charge in [0.25, 0.3) is 0 Å². The fraction of sp³-hybridized carbons (Fsp3) is 0.417. The number of amides is 1. The second-order valence-electron chi connectivity index (χ2n) is 3.39. The SMILES string of the molecule is CCCOc1ccc(C(N)=O)c(CC)c1. The Bertz CT molecular complexity index is 347. The lowest BCUT2D eigenvalue weighted by atomic mass is 10.0. The van der Waals surface area contributed by atoms with Crippen LogP contribution in [-0.4, -0.2) is 12.5 Å². The Morgan fingerprint density at radius 2 is 2.13 bits per heavy atom. The number of hydrogen-bond acceptors (Lipinski definition) is 2. The molecule has 1 amide bonds. The smallest absolute Gasteiger partial charge is 0.248 e. The Kier molecular flexibility index (Phi) is 4.16. The second-order valence-corrected chi connectivity index (χ2v) is 3.39. The molecule has 1 aromatic carbocycles. The van der Waals surface area contributed by atoms with E-state index in [-0.39, 0.29) is 5.91 Å². The van der Waals surface area contributed by atoms with Crippen LogP contribution in [0.3, 0.4) is 0 Å². The predicted molar refractivity (Wildman–Crippen MR) is 60.1 cm³/mol. The molecule has 0 unspecified atom stereocenters. The minimum atomic E-state index is -0.381. The maximum atomic E-state index is 11.1. The van der Waals surface area contributed by atoms with Crippen LogP contribution in [0.15, 0.2) is 18.2 Å². The highest BCUT2D eigenvalue weighted by molar-refractivity contribution is 5.94. The van der Waals surface area contributed by atoms with Gasteiger partial charge in [0, 0.05) is 5.56 Å². The highest BCUT2D eigenvalue weighted by atomic mass is 16.5. The van der Waals surface area contributed by atoms with Crippen molar-refractivity contribution in [2.45, 2.75) is 26.7 Å². The quantitative estimate of drug-likeness (QED) is 0.804. The van der Waals surface area contributed by atoms with E-state index in [1.54, 1.807) is 12.1 Å². The average molecular weight is 207 g/mol. The molecule has 0 bridgehead atoms. The molecule has 0 heterocycles. The summed E-state index contributed by atoms with van der Waals surface area (Å²) in [7, 11) is 0. The van der Waals surface area contributed by atoms with Gasteiger partial charge in [0.05, 0.1) is 6.61 Å². The summed E-state index contributed by atoms with van der Waals surface area (Å²) in [5, 5.41) is 0. The van der Waals surface area contributed by atoms with Crippen molar-refractivity contribution in [1.29, 1.82) is 0 Å². The lowest BCUT2D eigenvalue weighted by Gasteiger charge is -2.08. The van der Waals surface area contributed by atoms with E-state index in [1.807, 2.05) is 13.0 Å². The molecule has 0 radical (unpaired) electrons. The first-order valence-corrected chi connectivity index (χ1v) is 5.24. The van der Waals surface area contributed by atoms with Crippen molar-refractivity contribution < 1.29 is 9.53 Å². The standard InChI is InChI=1S/C12H17NO2/c1-3-7-15-10-5-6-11(12(13)14)9(4-2)8-10/h5-6,8H,3-4,7H2,1-2H3,(H2,13,14). The van der Waals surface area contributed by atoms with E-state index in [1.165, 1.54) is 0 Å². The van der Waals surface area contributed by atoms with Crippen LogP contribution in [0.1, 0.15) is 36.2 Å². The Morgan fingerprint density at radius 3 is 2.67 bits per heavy atom. The molecule has 0 aromatic heterocycles. The van der Waals surface area contributed by atoms with Gasteiger partial charge in [0.2, 0.25) is 5.91 Å². The third-order valence-corrected chi connectivity index (χ3v) is 2.20. The fourth-order valence-corrected chi connectivity index (χ4v) is 1.41. The maximum Gasteiger partial charge on any atom is 0.248 e. The van der Waals surface area contributed by atoms with E-state index in [2.05, 4.69) is 6.92 Å². The van der Waals surface area contributed by atoms with Crippen LogP contribution in [0.2, 0.25) is 0 Å². The Hall–Kier alpha value is -1.51. The van der Waals surface area contributed by atoms with Crippen molar-refractivity contribution in [1.82, 2.24) is 0 Å². The number of ether oxygens (including phenoxy) is 1. The van der Waals surface area contributed by atoms with Gasteiger partial charge in [-0.05, 0) is 36.6 Å². The Morgan fingerprint density at radius 1 is 1.40 bits per heavy atom. The Balaban J connectivity index is 2.92. The number of carbonyl (C=O) groups is 1. The highest BCUT2D eigenvalue weighted by Crippen LogP contribution is 2.18. The zero-order valence-electron chi connectivity index (χ0n) is 9.25. The van der Waals surface area contributed by atoms with Crippen molar-refractivity contribution in [2.24, 2.45) is 5.73 Å². The molecule has 0 aliphatic heterocycles. The molecule has 3 nitrogen and oxygen atoms in total. The third-order valence-electron chi connectivity index (χ3n) is 2.20. The summed E-state index contributed by atoms with van der Waals surface area (Å²) in [5.74, 6) is 0.424. The molecular formula is C12H17NO2. The van der Waals surface area contributed by atoms with Gasteiger partial charge in [-0.1, -0.05) is 13.8 Å². The van der Waals surface area contributed by atoms with Crippen LogP contribution in [0, 0.1) is 0 Å². The second kappa shape index (κ2) is 5.39. The van der Waals surface area contributed by atoms with Crippen molar-refractivity contribution in [3.63, 3.8) is 0 Å². The van der Waals surface area contributed by atoms with E-state index in [4.69, 9.17) is 10.5 Å². The van der Waals surface area contributed by atoms with Crippen LogP contribution >= 0.6 is 0 Å². The first kappa shape index (κ1) is 11.6. The molecule has 0 aliphatic carbocycles. The van der Waals surface area contributed by atoms with Crippen LogP contribution in [0.5, 0.6) is 5.75 Å². The van der Waals surface area contributed by atoms with Crippen molar-refractivity contribution >= 4 is 5.91 Å². The summed E-state index contributed by atoms with van der Waals surface area (Å²) in [4.78, 5) is 11.1. The number of benzene rings is 1. The van der Waals surface area contributed by atoms with Crippen molar-refractivity contribution in [2.75, 3.05) is 6.61 Å². The monoisotopic (exact) mass is 207 g/mol. The molecule has 0 fully saturated rings. The molecule has 15 heavy (non-hydrogen) atoms. The van der Waals surface area contributed by atoms with Crippen molar-refractivity contribution in [3.05, 3.63) is 29.3 Å². The lowest BCUT2D eigenvalue weighted by Crippen LogP contribution is -2.13. The van der Waals surface area contributed by atoms with Crippen LogP contribution < -0.4 is 10.5 Å². The molecule has 0 spiro atoms. The molecule has 0 saturated heterocycles. The average Bonchev–Trinajstić information content (AvgIpc) is 2.25. The first-order chi connectivity index (χ1) is 7.19. The van der Waals surface area contributed by atoms with Gasteiger partial charge >= 0.3 is 0 Å². The number of rotatable bonds is 5. The summed E-state index contributed by atoms with van der Waals surface area (Å²) in [6.07, 6.45) is 1.75. The normalized spacial score (nSPS) is 10.0. The van der Waals surface area contributed by atoms with Gasteiger partial charge in [-0.2, -0.15) is 0 Å². The largest absolute Gasteiger partial charge is 0.494 e. The van der Waals surface area contributed by atoms with Gasteiger partial charge in [-0.15, -0.1) is 0 Å². The molecule has 1 aromatic rings. The Labute approximate surface area is 90.2 Å². The first-order valence-electron chi connectivity index (χ1n) is 5.24. The van der Waals surface area contributed by atoms with E-state index in [0.29, 0.717) is 12.2 Å². The van der Waals surface area contributed by atoms with Gasteiger partial charge in [-0.25, -0.2) is 0 Å². The van der Waals surface area contributed by atoms with Crippen LogP contribution in [0.4, 0.5) is 0 Å². The van der Waals surface area contributed by atoms with Gasteiger partial charge in [0.15, 0.2) is 0 Å². The lowest BCUT2D eigenvalue weighted by molar-refractivity contribution is 0.0999. The topological polar surface area (TPSA) is 52.3 Å². The van der Waals surface area contributed by atoms with E-state index >= 15 is 0 Å². The molecule has 3 heteroatoms. The minimum absolute atomic E-state index is 0.381. The molecule has 0 saturated carbocycles. The van der Waals surface area contributed by atoms with E-state index in [9.17, 15) is 4.79 Å². The number of aryl methyl sites for hydroxylation is 1. The molecule has 0 atom stereocenters. The van der Waals surface area contributed by atoms with E-state index < -0.39 is 0 Å². The number of primary amides is 1. The van der Waals surface area contributed by atoms with Crippen LogP contribution in [0.25, 0.3) is 0 Å². The maximum absolute atomic E-state index is 11.1.